The van der Waals surface area contributed by atoms with Gasteiger partial charge in [0.05, 0.1) is 18.9 Å². The third-order valence-electron chi connectivity index (χ3n) is 4.54. The molecule has 0 saturated carbocycles. The summed E-state index contributed by atoms with van der Waals surface area (Å²) in [5.41, 5.74) is 0. The molecule has 2 N–H and O–H groups in total. The summed E-state index contributed by atoms with van der Waals surface area (Å²) in [5.74, 6) is 1.57. The normalized spacial score (nSPS) is 16.9. The average molecular weight is 364 g/mol. The number of esters is 1. The van der Waals surface area contributed by atoms with Crippen LogP contribution in [0.1, 0.15) is 50.8 Å². The highest BCUT2D eigenvalue weighted by atomic mass is 16.5. The van der Waals surface area contributed by atoms with E-state index < -0.39 is 0 Å². The fourth-order valence-electron chi connectivity index (χ4n) is 3.21. The van der Waals surface area contributed by atoms with Gasteiger partial charge in [0.2, 0.25) is 0 Å². The van der Waals surface area contributed by atoms with Crippen molar-refractivity contribution in [2.45, 2.75) is 45.1 Å². The van der Waals surface area contributed by atoms with E-state index >= 15 is 0 Å². The van der Waals surface area contributed by atoms with Crippen molar-refractivity contribution in [2.75, 3.05) is 39.8 Å². The molecule has 0 aromatic carbocycles. The molecular weight excluding hydrogens is 332 g/mol. The number of nitrogens with zero attached hydrogens (tertiary/aromatic N) is 2. The second-order valence-corrected chi connectivity index (χ2v) is 6.42. The van der Waals surface area contributed by atoms with E-state index in [4.69, 9.17) is 9.15 Å². The van der Waals surface area contributed by atoms with Crippen LogP contribution < -0.4 is 10.6 Å². The molecule has 0 amide bonds. The third kappa shape index (κ3) is 6.71. The molecule has 146 valence electrons. The topological polar surface area (TPSA) is 79.1 Å². The van der Waals surface area contributed by atoms with Crippen LogP contribution in [0.4, 0.5) is 0 Å². The minimum absolute atomic E-state index is 0.153. The lowest BCUT2D eigenvalue weighted by Gasteiger charge is -2.33. The van der Waals surface area contributed by atoms with Gasteiger partial charge in [0, 0.05) is 26.6 Å². The SMILES string of the molecule is CCOC(=O)CCCNC(=NC)NCC(c1ccco1)N1CCCCC1. The molecule has 7 nitrogen and oxygen atoms in total. The number of nitrogens with one attached hydrogen (secondary N) is 2. The number of carbonyl (C=O) groups excluding carboxylic acids is 1. The van der Waals surface area contributed by atoms with Crippen LogP contribution in [0.5, 0.6) is 0 Å². The van der Waals surface area contributed by atoms with Gasteiger partial charge < -0.3 is 19.8 Å². The molecule has 2 heterocycles. The van der Waals surface area contributed by atoms with Crippen LogP contribution in [-0.2, 0) is 9.53 Å². The first-order valence-electron chi connectivity index (χ1n) is 9.62. The van der Waals surface area contributed by atoms with Crippen LogP contribution in [0.3, 0.4) is 0 Å². The predicted octanol–water partition coefficient (Wildman–Crippen LogP) is 2.31. The smallest absolute Gasteiger partial charge is 0.305 e. The molecule has 0 radical (unpaired) electrons. The van der Waals surface area contributed by atoms with E-state index in [1.54, 1.807) is 13.3 Å². The summed E-state index contributed by atoms with van der Waals surface area (Å²) in [7, 11) is 1.75. The van der Waals surface area contributed by atoms with Crippen molar-refractivity contribution < 1.29 is 13.9 Å². The molecule has 0 aliphatic carbocycles. The van der Waals surface area contributed by atoms with Crippen LogP contribution >= 0.6 is 0 Å². The highest BCUT2D eigenvalue weighted by molar-refractivity contribution is 5.79. The number of furan rings is 1. The molecule has 1 fully saturated rings. The van der Waals surface area contributed by atoms with Crippen LogP contribution in [0.25, 0.3) is 0 Å². The van der Waals surface area contributed by atoms with Gasteiger partial charge in [-0.3, -0.25) is 14.7 Å². The maximum Gasteiger partial charge on any atom is 0.305 e. The number of aliphatic imine (C=N–C) groups is 1. The van der Waals surface area contributed by atoms with Gasteiger partial charge in [-0.1, -0.05) is 6.42 Å². The summed E-state index contributed by atoms with van der Waals surface area (Å²) in [6, 6.07) is 4.17. The first kappa shape index (κ1) is 20.3. The molecule has 1 unspecified atom stereocenters. The highest BCUT2D eigenvalue weighted by Crippen LogP contribution is 2.24. The number of hydrogen-bond acceptors (Lipinski definition) is 5. The Balaban J connectivity index is 1.79. The average Bonchev–Trinajstić information content (AvgIpc) is 3.19. The second-order valence-electron chi connectivity index (χ2n) is 6.42. The maximum absolute atomic E-state index is 11.4. The van der Waals surface area contributed by atoms with Gasteiger partial charge in [-0.2, -0.15) is 0 Å². The molecule has 1 saturated heterocycles. The summed E-state index contributed by atoms with van der Waals surface area (Å²) in [4.78, 5) is 18.1. The fraction of sp³-hybridized carbons (Fsp3) is 0.684. The molecule has 7 heteroatoms. The van der Waals surface area contributed by atoms with Crippen LogP contribution in [0.15, 0.2) is 27.8 Å². The van der Waals surface area contributed by atoms with E-state index in [2.05, 4.69) is 20.5 Å². The number of piperidine rings is 1. The van der Waals surface area contributed by atoms with Crippen LogP contribution in [0, 0.1) is 0 Å². The van der Waals surface area contributed by atoms with Gasteiger partial charge >= 0.3 is 5.97 Å². The van der Waals surface area contributed by atoms with E-state index in [9.17, 15) is 4.79 Å². The lowest BCUT2D eigenvalue weighted by molar-refractivity contribution is -0.143. The van der Waals surface area contributed by atoms with E-state index in [0.29, 0.717) is 26.0 Å². The Labute approximate surface area is 156 Å². The first-order valence-corrected chi connectivity index (χ1v) is 9.62. The first-order chi connectivity index (χ1) is 12.7. The molecule has 1 aliphatic heterocycles. The highest BCUT2D eigenvalue weighted by Gasteiger charge is 2.24. The largest absolute Gasteiger partial charge is 0.468 e. The van der Waals surface area contributed by atoms with E-state index in [0.717, 1.165) is 31.4 Å². The fourth-order valence-corrected chi connectivity index (χ4v) is 3.21. The summed E-state index contributed by atoms with van der Waals surface area (Å²) < 4.78 is 10.6. The standard InChI is InChI=1S/C19H32N4O3/c1-3-25-18(24)10-7-11-21-19(20-2)22-15-16(17-9-8-14-26-17)23-12-5-4-6-13-23/h8-9,14,16H,3-7,10-13,15H2,1-2H3,(H2,20,21,22). The molecule has 26 heavy (non-hydrogen) atoms. The third-order valence-corrected chi connectivity index (χ3v) is 4.54. The Kier molecular flexibility index (Phi) is 9.03. The van der Waals surface area contributed by atoms with Gasteiger partial charge in [-0.05, 0) is 51.4 Å². The summed E-state index contributed by atoms with van der Waals surface area (Å²) in [6.45, 7) is 5.84. The molecule has 1 aliphatic rings. The number of ether oxygens (including phenoxy) is 1. The summed E-state index contributed by atoms with van der Waals surface area (Å²) in [6.07, 6.45) is 6.64. The van der Waals surface area contributed by atoms with E-state index in [-0.39, 0.29) is 12.0 Å². The Morgan fingerprint density at radius 3 is 2.81 bits per heavy atom. The zero-order valence-electron chi connectivity index (χ0n) is 16.0. The van der Waals surface area contributed by atoms with E-state index in [1.165, 1.54) is 19.3 Å². The maximum atomic E-state index is 11.4. The lowest BCUT2D eigenvalue weighted by Crippen LogP contribution is -2.44. The monoisotopic (exact) mass is 364 g/mol. The number of guanidine groups is 1. The number of likely N-dealkylation sites (tertiary alicyclic amines) is 1. The van der Waals surface area contributed by atoms with Gasteiger partial charge in [-0.15, -0.1) is 0 Å². The molecule has 2 rings (SSSR count). The van der Waals surface area contributed by atoms with Gasteiger partial charge in [-0.25, -0.2) is 0 Å². The molecular formula is C19H32N4O3. The molecule has 1 aromatic heterocycles. The molecule has 0 spiro atoms. The van der Waals surface area contributed by atoms with Crippen molar-refractivity contribution in [3.8, 4) is 0 Å². The van der Waals surface area contributed by atoms with Crippen molar-refractivity contribution in [2.24, 2.45) is 4.99 Å². The quantitative estimate of drug-likeness (QED) is 0.303. The van der Waals surface area contributed by atoms with Gasteiger partial charge in [0.15, 0.2) is 5.96 Å². The number of hydrogen-bond donors (Lipinski definition) is 2. The Hall–Kier alpha value is -2.02. The molecule has 0 bridgehead atoms. The lowest BCUT2D eigenvalue weighted by atomic mass is 10.1. The summed E-state index contributed by atoms with van der Waals surface area (Å²) >= 11 is 0. The van der Waals surface area contributed by atoms with Crippen molar-refractivity contribution in [1.29, 1.82) is 0 Å². The zero-order valence-corrected chi connectivity index (χ0v) is 16.0. The van der Waals surface area contributed by atoms with Gasteiger partial charge in [0.1, 0.15) is 5.76 Å². The number of rotatable bonds is 9. The molecule has 1 aromatic rings. The minimum atomic E-state index is -0.153. The summed E-state index contributed by atoms with van der Waals surface area (Å²) in [5, 5.41) is 6.64. The van der Waals surface area contributed by atoms with Crippen LogP contribution in [-0.4, -0.2) is 56.7 Å². The van der Waals surface area contributed by atoms with Crippen LogP contribution in [0.2, 0.25) is 0 Å². The van der Waals surface area contributed by atoms with Crippen molar-refractivity contribution in [3.63, 3.8) is 0 Å². The van der Waals surface area contributed by atoms with Crippen molar-refractivity contribution in [1.82, 2.24) is 15.5 Å². The van der Waals surface area contributed by atoms with Gasteiger partial charge in [0.25, 0.3) is 0 Å². The van der Waals surface area contributed by atoms with E-state index in [1.807, 2.05) is 19.1 Å². The Bertz CT molecular complexity index is 539. The minimum Gasteiger partial charge on any atom is -0.468 e. The van der Waals surface area contributed by atoms with Crippen molar-refractivity contribution >= 4 is 11.9 Å². The zero-order chi connectivity index (χ0) is 18.6. The Morgan fingerprint density at radius 2 is 2.15 bits per heavy atom. The molecule has 1 atom stereocenters. The number of carbonyl (C=O) groups is 1. The Morgan fingerprint density at radius 1 is 1.35 bits per heavy atom. The second kappa shape index (κ2) is 11.6. The van der Waals surface area contributed by atoms with Crippen molar-refractivity contribution in [3.05, 3.63) is 24.2 Å². The predicted molar refractivity (Wildman–Crippen MR) is 102 cm³/mol.